The van der Waals surface area contributed by atoms with Gasteiger partial charge in [0.05, 0.1) is 0 Å². The van der Waals surface area contributed by atoms with Gasteiger partial charge in [-0.1, -0.05) is 0 Å². The lowest BCUT2D eigenvalue weighted by Gasteiger charge is -2.33. The molecule has 1 rings (SSSR count). The van der Waals surface area contributed by atoms with E-state index in [1.165, 1.54) is 0 Å². The van der Waals surface area contributed by atoms with Crippen molar-refractivity contribution in [3.05, 3.63) is 12.3 Å². The van der Waals surface area contributed by atoms with Crippen molar-refractivity contribution >= 4 is 11.8 Å². The molecule has 0 saturated heterocycles. The highest BCUT2D eigenvalue weighted by Gasteiger charge is 2.45. The quantitative estimate of drug-likeness (QED) is 0.627. The molecule has 5 nitrogen and oxygen atoms in total. The van der Waals surface area contributed by atoms with Gasteiger partial charge in [-0.15, -0.1) is 13.2 Å². The van der Waals surface area contributed by atoms with Crippen molar-refractivity contribution < 1.29 is 22.8 Å². The number of halogens is 3. The number of carbonyl (C=O) groups is 2. The highest BCUT2D eigenvalue weighted by atomic mass is 19.4. The number of carbonyl (C=O) groups excluding carboxylic acids is 2. The number of hydrogen-bond acceptors (Lipinski definition) is 3. The first-order valence-corrected chi connectivity index (χ1v) is 3.84. The number of urea groups is 1. The zero-order valence-corrected chi connectivity index (χ0v) is 7.63. The Morgan fingerprint density at radius 3 is 2.47 bits per heavy atom. The summed E-state index contributed by atoms with van der Waals surface area (Å²) in [6.07, 6.45) is -3.62. The van der Waals surface area contributed by atoms with Crippen molar-refractivity contribution in [2.45, 2.75) is 18.9 Å². The number of nitrogens with two attached hydrogens (primary N) is 1. The highest BCUT2D eigenvalue weighted by Crippen LogP contribution is 2.24. The summed E-state index contributed by atoms with van der Waals surface area (Å²) < 4.78 is 36.4. The van der Waals surface area contributed by atoms with Gasteiger partial charge in [0.2, 0.25) is 0 Å². The summed E-state index contributed by atoms with van der Waals surface area (Å²) >= 11 is 0. The second-order valence-electron chi connectivity index (χ2n) is 3.01. The molecule has 15 heavy (non-hydrogen) atoms. The van der Waals surface area contributed by atoms with Crippen LogP contribution in [-0.4, -0.2) is 28.7 Å². The molecule has 8 heteroatoms. The van der Waals surface area contributed by atoms with Gasteiger partial charge in [0, 0.05) is 6.20 Å². The van der Waals surface area contributed by atoms with Gasteiger partial charge >= 0.3 is 12.3 Å². The Balaban J connectivity index is 2.99. The van der Waals surface area contributed by atoms with Crippen LogP contribution in [0.2, 0.25) is 0 Å². The van der Waals surface area contributed by atoms with Crippen LogP contribution in [0.1, 0.15) is 6.92 Å². The van der Waals surface area contributed by atoms with Crippen LogP contribution in [0.5, 0.6) is 0 Å². The zero-order valence-electron chi connectivity index (χ0n) is 7.63. The Kier molecular flexibility index (Phi) is 2.48. The maximum atomic E-state index is 12.1. The number of nitrogens with one attached hydrogen (secondary N) is 1. The third-order valence-corrected chi connectivity index (χ3v) is 1.87. The molecule has 1 unspecified atom stereocenters. The molecular weight excluding hydrogens is 215 g/mol. The summed E-state index contributed by atoms with van der Waals surface area (Å²) in [6.45, 7) is 1.06. The van der Waals surface area contributed by atoms with Crippen LogP contribution >= 0.6 is 0 Å². The summed E-state index contributed by atoms with van der Waals surface area (Å²) in [5, 5.41) is 1.76. The van der Waals surface area contributed by atoms with E-state index in [2.05, 4.69) is 0 Å². The van der Waals surface area contributed by atoms with Crippen molar-refractivity contribution in [2.75, 3.05) is 0 Å². The van der Waals surface area contributed by atoms with Gasteiger partial charge in [0.15, 0.2) is 11.4 Å². The van der Waals surface area contributed by atoms with Gasteiger partial charge in [0.25, 0.3) is 0 Å². The van der Waals surface area contributed by atoms with E-state index in [0.29, 0.717) is 6.20 Å². The number of nitrogens with zero attached hydrogens (tertiary/aromatic N) is 1. The van der Waals surface area contributed by atoms with Gasteiger partial charge in [-0.2, -0.15) is 0 Å². The molecule has 0 spiro atoms. The number of rotatable bonds is 1. The summed E-state index contributed by atoms with van der Waals surface area (Å²) in [5.74, 6) is -0.658. The molecule has 1 aliphatic rings. The van der Waals surface area contributed by atoms with Crippen molar-refractivity contribution in [2.24, 2.45) is 5.73 Å². The van der Waals surface area contributed by atoms with E-state index in [-0.39, 0.29) is 0 Å². The predicted molar refractivity (Wildman–Crippen MR) is 43.2 cm³/mol. The van der Waals surface area contributed by atoms with Gasteiger partial charge in [-0.05, 0) is 13.0 Å². The minimum absolute atomic E-state index is 0.431. The average molecular weight is 223 g/mol. The molecule has 0 radical (unpaired) electrons. The summed E-state index contributed by atoms with van der Waals surface area (Å²) in [4.78, 5) is 21.4. The van der Waals surface area contributed by atoms with E-state index in [9.17, 15) is 22.8 Å². The second-order valence-corrected chi connectivity index (χ2v) is 3.01. The van der Waals surface area contributed by atoms with E-state index < -0.39 is 28.7 Å². The van der Waals surface area contributed by atoms with Crippen LogP contribution in [0, 0.1) is 0 Å². The molecule has 0 bridgehead atoms. The SMILES string of the molecule is CC(=O)C1(N)C=CN(C(F)(F)F)C(=O)N1. The van der Waals surface area contributed by atoms with Gasteiger partial charge < -0.3 is 5.32 Å². The molecule has 0 fully saturated rings. The highest BCUT2D eigenvalue weighted by molar-refractivity contribution is 5.93. The molecular formula is C7H8F3N3O2. The normalized spacial score (nSPS) is 26.5. The lowest BCUT2D eigenvalue weighted by molar-refractivity contribution is -0.209. The molecule has 0 aromatic carbocycles. The lowest BCUT2D eigenvalue weighted by Crippen LogP contribution is -2.65. The summed E-state index contributed by atoms with van der Waals surface area (Å²) in [6, 6.07) is -1.48. The summed E-state index contributed by atoms with van der Waals surface area (Å²) in [7, 11) is 0. The first-order valence-electron chi connectivity index (χ1n) is 3.84. The van der Waals surface area contributed by atoms with E-state index >= 15 is 0 Å². The third-order valence-electron chi connectivity index (χ3n) is 1.87. The topological polar surface area (TPSA) is 75.4 Å². The van der Waals surface area contributed by atoms with Crippen LogP contribution in [0.15, 0.2) is 12.3 Å². The van der Waals surface area contributed by atoms with Crippen LogP contribution in [0.3, 0.4) is 0 Å². The minimum Gasteiger partial charge on any atom is -0.309 e. The van der Waals surface area contributed by atoms with Gasteiger partial charge in [-0.3, -0.25) is 10.5 Å². The fourth-order valence-corrected chi connectivity index (χ4v) is 0.944. The molecule has 84 valence electrons. The van der Waals surface area contributed by atoms with Gasteiger partial charge in [-0.25, -0.2) is 9.69 Å². The average Bonchev–Trinajstić information content (AvgIpc) is 2.00. The Morgan fingerprint density at radius 1 is 1.60 bits per heavy atom. The van der Waals surface area contributed by atoms with Crippen LogP contribution < -0.4 is 11.1 Å². The molecule has 1 aliphatic heterocycles. The number of amides is 2. The smallest absolute Gasteiger partial charge is 0.309 e. The molecule has 1 heterocycles. The maximum absolute atomic E-state index is 12.1. The van der Waals surface area contributed by atoms with Crippen molar-refractivity contribution in [3.63, 3.8) is 0 Å². The van der Waals surface area contributed by atoms with Crippen molar-refractivity contribution in [1.82, 2.24) is 10.2 Å². The number of Topliss-reactive ketones (excluding diaryl/α,β-unsaturated/α-hetero) is 1. The first kappa shape index (κ1) is 11.5. The predicted octanol–water partition coefficient (Wildman–Crippen LogP) is 0.289. The van der Waals surface area contributed by atoms with Gasteiger partial charge in [0.1, 0.15) is 0 Å². The standard InChI is InChI=1S/C7H8F3N3O2/c1-4(14)6(11)2-3-13(5(15)12-6)7(8,9)10/h2-3H,11H2,1H3,(H,12,15). The largest absolute Gasteiger partial charge is 0.492 e. The molecule has 0 aromatic heterocycles. The number of hydrogen-bond donors (Lipinski definition) is 2. The summed E-state index contributed by atoms with van der Waals surface area (Å²) in [5.41, 5.74) is 3.47. The fourth-order valence-electron chi connectivity index (χ4n) is 0.944. The molecule has 0 saturated carbocycles. The Bertz CT molecular complexity index is 339. The van der Waals surface area contributed by atoms with E-state index in [1.807, 2.05) is 0 Å². The Morgan fingerprint density at radius 2 is 2.13 bits per heavy atom. The third kappa shape index (κ3) is 2.09. The number of ketones is 1. The Hall–Kier alpha value is -1.57. The van der Waals surface area contributed by atoms with Crippen LogP contribution in [0.4, 0.5) is 18.0 Å². The zero-order chi connectivity index (χ0) is 11.9. The fraction of sp³-hybridized carbons (Fsp3) is 0.429. The van der Waals surface area contributed by atoms with Crippen LogP contribution in [0.25, 0.3) is 0 Å². The van der Waals surface area contributed by atoms with E-state index in [4.69, 9.17) is 5.73 Å². The van der Waals surface area contributed by atoms with E-state index in [0.717, 1.165) is 13.0 Å². The van der Waals surface area contributed by atoms with Crippen LogP contribution in [-0.2, 0) is 4.79 Å². The molecule has 1 atom stereocenters. The minimum atomic E-state index is -4.83. The second kappa shape index (κ2) is 3.23. The monoisotopic (exact) mass is 223 g/mol. The number of alkyl halides is 3. The maximum Gasteiger partial charge on any atom is 0.492 e. The van der Waals surface area contributed by atoms with E-state index in [1.54, 1.807) is 5.32 Å². The van der Waals surface area contributed by atoms with Crippen molar-refractivity contribution in [3.8, 4) is 0 Å². The first-order chi connectivity index (χ1) is 6.67. The Labute approximate surface area is 82.7 Å². The molecule has 3 N–H and O–H groups in total. The molecule has 2 amide bonds. The lowest BCUT2D eigenvalue weighted by atomic mass is 10.1. The van der Waals surface area contributed by atoms with Crippen molar-refractivity contribution in [1.29, 1.82) is 0 Å². The molecule has 0 aliphatic carbocycles. The molecule has 0 aromatic rings.